The van der Waals surface area contributed by atoms with Crippen LogP contribution in [-0.4, -0.2) is 41.0 Å². The molecule has 1 aliphatic rings. The molecule has 0 aliphatic carbocycles. The van der Waals surface area contributed by atoms with Crippen molar-refractivity contribution in [2.45, 2.75) is 17.7 Å². The summed E-state index contributed by atoms with van der Waals surface area (Å²) in [5.74, 6) is 0.466. The molecule has 0 radical (unpaired) electrons. The van der Waals surface area contributed by atoms with Crippen LogP contribution in [0.2, 0.25) is 0 Å². The van der Waals surface area contributed by atoms with Gasteiger partial charge in [0.05, 0.1) is 17.7 Å². The van der Waals surface area contributed by atoms with Crippen LogP contribution in [-0.2, 0) is 10.0 Å². The minimum Gasteiger partial charge on any atom is -0.497 e. The summed E-state index contributed by atoms with van der Waals surface area (Å²) in [6, 6.07) is 18.3. The number of hydrogen-bond donors (Lipinski definition) is 1. The van der Waals surface area contributed by atoms with E-state index in [1.807, 2.05) is 43.3 Å². The maximum atomic E-state index is 14.1. The number of hydrogen-bond acceptors (Lipinski definition) is 7. The summed E-state index contributed by atoms with van der Waals surface area (Å²) in [6.45, 7) is 2.46. The molecule has 1 unspecified atom stereocenters. The van der Waals surface area contributed by atoms with Gasteiger partial charge in [-0.05, 0) is 61.0 Å². The van der Waals surface area contributed by atoms with Gasteiger partial charge in [-0.2, -0.15) is 0 Å². The van der Waals surface area contributed by atoms with Gasteiger partial charge < -0.3 is 10.1 Å². The second-order valence-electron chi connectivity index (χ2n) is 8.74. The van der Waals surface area contributed by atoms with Crippen LogP contribution in [0.5, 0.6) is 5.75 Å². The number of aromatic nitrogens is 4. The van der Waals surface area contributed by atoms with Gasteiger partial charge in [0.15, 0.2) is 5.65 Å². The molecule has 8 nitrogen and oxygen atoms in total. The fourth-order valence-electron chi connectivity index (χ4n) is 4.76. The maximum Gasteiger partial charge on any atom is 0.269 e. The molecule has 1 atom stereocenters. The van der Waals surface area contributed by atoms with E-state index in [0.29, 0.717) is 34.7 Å². The number of fused-ring (bicyclic) bond motifs is 2. The number of nitrogens with zero attached hydrogens (tertiary/aromatic N) is 4. The Labute approximate surface area is 208 Å². The fraction of sp³-hybridized carbons (Fsp3) is 0.148. The Balaban J connectivity index is 1.65. The summed E-state index contributed by atoms with van der Waals surface area (Å²) in [7, 11) is -2.35. The molecule has 9 heteroatoms. The molecule has 0 saturated heterocycles. The first-order valence-corrected chi connectivity index (χ1v) is 12.9. The first-order chi connectivity index (χ1) is 17.5. The zero-order valence-corrected chi connectivity index (χ0v) is 20.5. The Hall–Kier alpha value is -4.24. The standard InChI is InChI=1S/C27H23N5O3S/c1-17-5-8-20(9-6-17)36(33,34)32-25(23-15-29-24-10-7-19(35-2)12-21(23)24)13-22-26(30-16-31-27(22)32)18-4-3-11-28-14-18/h3-14,16,23,29H,15H2,1-2H3. The van der Waals surface area contributed by atoms with E-state index in [4.69, 9.17) is 4.74 Å². The number of nitrogens with one attached hydrogen (secondary N) is 1. The Morgan fingerprint density at radius 1 is 1.06 bits per heavy atom. The molecular formula is C27H23N5O3S. The van der Waals surface area contributed by atoms with Gasteiger partial charge in [-0.3, -0.25) is 4.98 Å². The van der Waals surface area contributed by atoms with Crippen molar-refractivity contribution in [3.63, 3.8) is 0 Å². The summed E-state index contributed by atoms with van der Waals surface area (Å²) in [5, 5.41) is 4.05. The summed E-state index contributed by atoms with van der Waals surface area (Å²) >= 11 is 0. The number of benzene rings is 2. The van der Waals surface area contributed by atoms with Crippen molar-refractivity contribution in [2.24, 2.45) is 0 Å². The third-order valence-electron chi connectivity index (χ3n) is 6.56. The van der Waals surface area contributed by atoms with Gasteiger partial charge in [-0.1, -0.05) is 17.7 Å². The molecule has 1 N–H and O–H groups in total. The summed E-state index contributed by atoms with van der Waals surface area (Å²) in [4.78, 5) is 13.4. The van der Waals surface area contributed by atoms with Gasteiger partial charge in [0.25, 0.3) is 10.0 Å². The van der Waals surface area contributed by atoms with Crippen LogP contribution >= 0.6 is 0 Å². The van der Waals surface area contributed by atoms with E-state index in [0.717, 1.165) is 22.4 Å². The van der Waals surface area contributed by atoms with Gasteiger partial charge in [0, 0.05) is 47.2 Å². The molecule has 180 valence electrons. The van der Waals surface area contributed by atoms with Crippen molar-refractivity contribution in [1.82, 2.24) is 18.9 Å². The van der Waals surface area contributed by atoms with Crippen LogP contribution in [0.25, 0.3) is 22.3 Å². The predicted molar refractivity (Wildman–Crippen MR) is 138 cm³/mol. The summed E-state index contributed by atoms with van der Waals surface area (Å²) in [5.41, 5.74) is 5.24. The molecule has 3 aromatic heterocycles. The zero-order chi connectivity index (χ0) is 24.9. The summed E-state index contributed by atoms with van der Waals surface area (Å²) in [6.07, 6.45) is 4.80. The highest BCUT2D eigenvalue weighted by molar-refractivity contribution is 7.90. The van der Waals surface area contributed by atoms with Crippen molar-refractivity contribution in [1.29, 1.82) is 0 Å². The van der Waals surface area contributed by atoms with Gasteiger partial charge in [0.1, 0.15) is 12.1 Å². The van der Waals surface area contributed by atoms with Crippen molar-refractivity contribution in [2.75, 3.05) is 19.0 Å². The lowest BCUT2D eigenvalue weighted by atomic mass is 9.97. The number of methoxy groups -OCH3 is 1. The minimum absolute atomic E-state index is 0.199. The molecular weight excluding hydrogens is 474 g/mol. The van der Waals surface area contributed by atoms with Crippen LogP contribution in [0.3, 0.4) is 0 Å². The van der Waals surface area contributed by atoms with Gasteiger partial charge >= 0.3 is 0 Å². The number of rotatable bonds is 5. The van der Waals surface area contributed by atoms with Crippen LogP contribution in [0.1, 0.15) is 22.7 Å². The molecule has 0 saturated carbocycles. The van der Waals surface area contributed by atoms with Crippen LogP contribution in [0, 0.1) is 6.92 Å². The lowest BCUT2D eigenvalue weighted by Crippen LogP contribution is -2.19. The third kappa shape index (κ3) is 3.51. The lowest BCUT2D eigenvalue weighted by molar-refractivity contribution is 0.414. The van der Waals surface area contributed by atoms with E-state index < -0.39 is 10.0 Å². The monoisotopic (exact) mass is 497 g/mol. The normalized spacial score (nSPS) is 15.0. The van der Waals surface area contributed by atoms with E-state index in [1.54, 1.807) is 43.8 Å². The second-order valence-corrected chi connectivity index (χ2v) is 10.5. The van der Waals surface area contributed by atoms with Gasteiger partial charge in [0.2, 0.25) is 0 Å². The number of ether oxygens (including phenoxy) is 1. The molecule has 0 spiro atoms. The number of aryl methyl sites for hydroxylation is 1. The van der Waals surface area contributed by atoms with Crippen LogP contribution in [0.4, 0.5) is 5.69 Å². The quantitative estimate of drug-likeness (QED) is 0.379. The Morgan fingerprint density at radius 3 is 2.64 bits per heavy atom. The average molecular weight is 498 g/mol. The highest BCUT2D eigenvalue weighted by Gasteiger charge is 2.33. The van der Waals surface area contributed by atoms with E-state index in [9.17, 15) is 8.42 Å². The zero-order valence-electron chi connectivity index (χ0n) is 19.7. The molecule has 0 fully saturated rings. The number of anilines is 1. The molecule has 2 aromatic carbocycles. The lowest BCUT2D eigenvalue weighted by Gasteiger charge is -2.16. The van der Waals surface area contributed by atoms with E-state index in [-0.39, 0.29) is 10.8 Å². The van der Waals surface area contributed by atoms with Crippen molar-refractivity contribution < 1.29 is 13.2 Å². The van der Waals surface area contributed by atoms with E-state index >= 15 is 0 Å². The van der Waals surface area contributed by atoms with Crippen molar-refractivity contribution in [3.8, 4) is 17.0 Å². The maximum absolute atomic E-state index is 14.1. The summed E-state index contributed by atoms with van der Waals surface area (Å²) < 4.78 is 35.1. The third-order valence-corrected chi connectivity index (χ3v) is 8.30. The number of pyridine rings is 1. The smallest absolute Gasteiger partial charge is 0.269 e. The largest absolute Gasteiger partial charge is 0.497 e. The van der Waals surface area contributed by atoms with Crippen molar-refractivity contribution >= 4 is 26.7 Å². The SMILES string of the molecule is COc1ccc2c(c1)C(c1cc3c(-c4cccnc4)ncnc3n1S(=O)(=O)c1ccc(C)cc1)CN2. The highest BCUT2D eigenvalue weighted by Crippen LogP contribution is 2.42. The fourth-order valence-corrected chi connectivity index (χ4v) is 6.28. The second kappa shape index (κ2) is 8.46. The topological polar surface area (TPSA) is 99.0 Å². The predicted octanol–water partition coefficient (Wildman–Crippen LogP) is 4.60. The van der Waals surface area contributed by atoms with E-state index in [2.05, 4.69) is 20.3 Å². The van der Waals surface area contributed by atoms with E-state index in [1.165, 1.54) is 10.3 Å². The molecule has 1 aliphatic heterocycles. The molecule has 0 bridgehead atoms. The Morgan fingerprint density at radius 2 is 1.89 bits per heavy atom. The first-order valence-electron chi connectivity index (χ1n) is 11.5. The minimum atomic E-state index is -3.97. The molecule has 6 rings (SSSR count). The van der Waals surface area contributed by atoms with Crippen molar-refractivity contribution in [3.05, 3.63) is 96.2 Å². The molecule has 4 heterocycles. The average Bonchev–Trinajstić information content (AvgIpc) is 3.50. The first kappa shape index (κ1) is 22.2. The molecule has 0 amide bonds. The van der Waals surface area contributed by atoms with Gasteiger partial charge in [-0.15, -0.1) is 0 Å². The van der Waals surface area contributed by atoms with Gasteiger partial charge in [-0.25, -0.2) is 22.4 Å². The molecule has 5 aromatic rings. The Bertz CT molecular complexity index is 1700. The van der Waals surface area contributed by atoms with Crippen LogP contribution in [0.15, 0.2) is 84.3 Å². The highest BCUT2D eigenvalue weighted by atomic mass is 32.2. The van der Waals surface area contributed by atoms with Crippen LogP contribution < -0.4 is 10.1 Å². The molecule has 36 heavy (non-hydrogen) atoms. The Kier molecular flexibility index (Phi) is 5.22.